The van der Waals surface area contributed by atoms with Gasteiger partial charge in [0.2, 0.25) is 0 Å². The number of hydrogen-bond acceptors (Lipinski definition) is 5. The second-order valence-electron chi connectivity index (χ2n) is 11.3. The van der Waals surface area contributed by atoms with Gasteiger partial charge in [0, 0.05) is 29.6 Å². The molecule has 0 fully saturated rings. The third-order valence-electron chi connectivity index (χ3n) is 8.04. The van der Waals surface area contributed by atoms with Crippen LogP contribution in [0.1, 0.15) is 86.7 Å². The van der Waals surface area contributed by atoms with Gasteiger partial charge in [-0.25, -0.2) is 0 Å². The highest BCUT2D eigenvalue weighted by Crippen LogP contribution is 2.47. The number of rotatable bonds is 15. The zero-order chi connectivity index (χ0) is 33.1. The van der Waals surface area contributed by atoms with Gasteiger partial charge in [0.05, 0.1) is 23.3 Å². The lowest BCUT2D eigenvalue weighted by Crippen LogP contribution is -2.33. The molecule has 0 atom stereocenters. The molecule has 1 amide bonds. The predicted octanol–water partition coefficient (Wildman–Crippen LogP) is 11.0. The number of nitrogens with zero attached hydrogens (tertiary/aromatic N) is 3. The molecule has 0 aliphatic carbocycles. The largest absolute Gasteiger partial charge is 0.497 e. The SMILES string of the molecule is CCCCCCN(CCCCCC)C(=O)c1ccc(Oc2c(Cl)c(Cl)cc3cc(C#N)c(C#N)c(-c4cccc(OC)c4)c23)cc1. The van der Waals surface area contributed by atoms with Gasteiger partial charge in [-0.2, -0.15) is 10.5 Å². The Hall–Kier alpha value is -4.23. The molecular formula is C38H39Cl2N3O3. The molecule has 0 aliphatic rings. The lowest BCUT2D eigenvalue weighted by molar-refractivity contribution is 0.0749. The first-order chi connectivity index (χ1) is 22.4. The van der Waals surface area contributed by atoms with Crippen LogP contribution in [0.3, 0.4) is 0 Å². The van der Waals surface area contributed by atoms with Crippen molar-refractivity contribution in [2.75, 3.05) is 20.2 Å². The van der Waals surface area contributed by atoms with Crippen molar-refractivity contribution in [3.63, 3.8) is 0 Å². The van der Waals surface area contributed by atoms with Crippen LogP contribution in [-0.2, 0) is 0 Å². The van der Waals surface area contributed by atoms with Crippen molar-refractivity contribution < 1.29 is 14.3 Å². The molecule has 4 aromatic rings. The Morgan fingerprint density at radius 2 is 1.50 bits per heavy atom. The zero-order valence-electron chi connectivity index (χ0n) is 26.7. The van der Waals surface area contributed by atoms with E-state index in [0.717, 1.165) is 64.5 Å². The molecule has 0 saturated heterocycles. The minimum absolute atomic E-state index is 0.00814. The summed E-state index contributed by atoms with van der Waals surface area (Å²) < 4.78 is 11.9. The molecule has 4 aromatic carbocycles. The van der Waals surface area contributed by atoms with Crippen molar-refractivity contribution in [3.05, 3.63) is 87.4 Å². The maximum absolute atomic E-state index is 13.6. The summed E-state index contributed by atoms with van der Waals surface area (Å²) in [7, 11) is 1.56. The van der Waals surface area contributed by atoms with Gasteiger partial charge in [-0.05, 0) is 72.3 Å². The predicted molar refractivity (Wildman–Crippen MR) is 186 cm³/mol. The first-order valence-corrected chi connectivity index (χ1v) is 16.6. The Morgan fingerprint density at radius 1 is 0.826 bits per heavy atom. The number of hydrogen-bond donors (Lipinski definition) is 0. The van der Waals surface area contributed by atoms with Crippen LogP contribution in [0, 0.1) is 22.7 Å². The molecule has 8 heteroatoms. The van der Waals surface area contributed by atoms with Crippen LogP contribution in [0.15, 0.2) is 60.7 Å². The van der Waals surface area contributed by atoms with Gasteiger partial charge >= 0.3 is 0 Å². The van der Waals surface area contributed by atoms with Crippen LogP contribution in [0.4, 0.5) is 0 Å². The maximum Gasteiger partial charge on any atom is 0.253 e. The number of fused-ring (bicyclic) bond motifs is 1. The highest BCUT2D eigenvalue weighted by molar-refractivity contribution is 6.44. The summed E-state index contributed by atoms with van der Waals surface area (Å²) in [4.78, 5) is 15.6. The summed E-state index contributed by atoms with van der Waals surface area (Å²) in [6.07, 6.45) is 8.82. The van der Waals surface area contributed by atoms with Crippen LogP contribution in [0.25, 0.3) is 21.9 Å². The van der Waals surface area contributed by atoms with E-state index in [0.29, 0.717) is 39.0 Å². The lowest BCUT2D eigenvalue weighted by atomic mass is 9.90. The molecule has 0 radical (unpaired) electrons. The summed E-state index contributed by atoms with van der Waals surface area (Å²) in [5.74, 6) is 1.28. The van der Waals surface area contributed by atoms with Crippen LogP contribution >= 0.6 is 23.2 Å². The number of halogens is 2. The summed E-state index contributed by atoms with van der Waals surface area (Å²) in [6, 6.07) is 21.9. The summed E-state index contributed by atoms with van der Waals surface area (Å²) in [6.45, 7) is 5.85. The number of carbonyl (C=O) groups is 1. The van der Waals surface area contributed by atoms with E-state index in [1.165, 1.54) is 0 Å². The smallest absolute Gasteiger partial charge is 0.253 e. The first kappa shape index (κ1) is 34.6. The van der Waals surface area contributed by atoms with E-state index >= 15 is 0 Å². The lowest BCUT2D eigenvalue weighted by Gasteiger charge is -2.23. The van der Waals surface area contributed by atoms with Gasteiger partial charge < -0.3 is 14.4 Å². The highest BCUT2D eigenvalue weighted by atomic mass is 35.5. The summed E-state index contributed by atoms with van der Waals surface area (Å²) >= 11 is 13.4. The van der Waals surface area contributed by atoms with E-state index in [1.807, 2.05) is 17.0 Å². The van der Waals surface area contributed by atoms with Crippen LogP contribution in [0.5, 0.6) is 17.2 Å². The summed E-state index contributed by atoms with van der Waals surface area (Å²) in [5, 5.41) is 21.6. The molecule has 0 aliphatic heterocycles. The Bertz CT molecular complexity index is 1750. The van der Waals surface area contributed by atoms with E-state index in [1.54, 1.807) is 55.6 Å². The number of methoxy groups -OCH3 is 1. The quantitative estimate of drug-likeness (QED) is 0.119. The summed E-state index contributed by atoms with van der Waals surface area (Å²) in [5.41, 5.74) is 2.11. The number of amides is 1. The van der Waals surface area contributed by atoms with Gasteiger partial charge in [0.25, 0.3) is 5.91 Å². The van der Waals surface area contributed by atoms with Gasteiger partial charge in [0.1, 0.15) is 28.7 Å². The Morgan fingerprint density at radius 3 is 2.09 bits per heavy atom. The average molecular weight is 657 g/mol. The molecule has 0 spiro atoms. The minimum atomic E-state index is 0.00814. The zero-order valence-corrected chi connectivity index (χ0v) is 28.2. The number of nitriles is 2. The molecule has 6 nitrogen and oxygen atoms in total. The second kappa shape index (κ2) is 16.9. The van der Waals surface area contributed by atoms with E-state index in [2.05, 4.69) is 26.0 Å². The fourth-order valence-electron chi connectivity index (χ4n) is 5.59. The second-order valence-corrected chi connectivity index (χ2v) is 12.1. The Labute approximate surface area is 282 Å². The molecule has 0 saturated carbocycles. The van der Waals surface area contributed by atoms with Crippen molar-refractivity contribution >= 4 is 39.9 Å². The Balaban J connectivity index is 1.73. The maximum atomic E-state index is 13.6. The van der Waals surface area contributed by atoms with E-state index < -0.39 is 0 Å². The van der Waals surface area contributed by atoms with Crippen LogP contribution in [0.2, 0.25) is 10.0 Å². The van der Waals surface area contributed by atoms with E-state index in [4.69, 9.17) is 32.7 Å². The van der Waals surface area contributed by atoms with Crippen molar-refractivity contribution in [1.29, 1.82) is 10.5 Å². The molecular weight excluding hydrogens is 617 g/mol. The number of unbranched alkanes of at least 4 members (excludes halogenated alkanes) is 6. The molecule has 0 aromatic heterocycles. The molecule has 0 bridgehead atoms. The number of ether oxygens (including phenoxy) is 2. The minimum Gasteiger partial charge on any atom is -0.497 e. The molecule has 0 heterocycles. The fourth-order valence-corrected chi connectivity index (χ4v) is 5.98. The third kappa shape index (κ3) is 8.13. The van der Waals surface area contributed by atoms with Gasteiger partial charge in [0.15, 0.2) is 5.75 Å². The topological polar surface area (TPSA) is 86.4 Å². The third-order valence-corrected chi connectivity index (χ3v) is 8.81. The molecule has 4 rings (SSSR count). The average Bonchev–Trinajstić information content (AvgIpc) is 3.08. The molecule has 238 valence electrons. The van der Waals surface area contributed by atoms with Gasteiger partial charge in [-0.15, -0.1) is 0 Å². The van der Waals surface area contributed by atoms with Gasteiger partial charge in [-0.3, -0.25) is 4.79 Å². The van der Waals surface area contributed by atoms with Crippen molar-refractivity contribution in [1.82, 2.24) is 4.90 Å². The normalized spacial score (nSPS) is 10.8. The molecule has 46 heavy (non-hydrogen) atoms. The Kier molecular flexibility index (Phi) is 12.7. The fraction of sp³-hybridized carbons (Fsp3) is 0.342. The van der Waals surface area contributed by atoms with Gasteiger partial charge in [-0.1, -0.05) is 87.7 Å². The number of carbonyl (C=O) groups excluding carboxylic acids is 1. The van der Waals surface area contributed by atoms with E-state index in [9.17, 15) is 15.3 Å². The monoisotopic (exact) mass is 655 g/mol. The standard InChI is InChI=1S/C38H39Cl2N3O3/c1-4-6-8-10-19-43(20-11-9-7-5-2)38(44)26-15-17-30(18-16-26)46-37-35-28(23-33(39)36(37)40)21-29(24-41)32(25-42)34(35)27-13-12-14-31(22-27)45-3/h12-18,21-23H,4-11,19-20H2,1-3H3. The van der Waals surface area contributed by atoms with Crippen molar-refractivity contribution in [3.8, 4) is 40.5 Å². The van der Waals surface area contributed by atoms with Crippen LogP contribution < -0.4 is 9.47 Å². The van der Waals surface area contributed by atoms with E-state index in [-0.39, 0.29) is 32.8 Å². The number of benzene rings is 4. The molecule has 0 N–H and O–H groups in total. The van der Waals surface area contributed by atoms with Crippen molar-refractivity contribution in [2.24, 2.45) is 0 Å². The van der Waals surface area contributed by atoms with Crippen molar-refractivity contribution in [2.45, 2.75) is 65.2 Å². The molecule has 0 unspecified atom stereocenters. The van der Waals surface area contributed by atoms with Crippen LogP contribution in [-0.4, -0.2) is 31.0 Å². The first-order valence-electron chi connectivity index (χ1n) is 15.9. The highest BCUT2D eigenvalue weighted by Gasteiger charge is 2.23.